The Morgan fingerprint density at radius 2 is 1.58 bits per heavy atom. The molecule has 0 bridgehead atoms. The zero-order chi connectivity index (χ0) is 17.7. The Morgan fingerprint density at radius 3 is 2.08 bits per heavy atom. The molecule has 0 aromatic heterocycles. The normalized spacial score (nSPS) is 11.0. The quantitative estimate of drug-likeness (QED) is 0.925. The highest BCUT2D eigenvalue weighted by molar-refractivity contribution is 6.01. The molecule has 0 fully saturated rings. The molecule has 1 N–H and O–H groups in total. The number of carbonyl (C=O) groups is 2. The first-order valence-corrected chi connectivity index (χ1v) is 7.07. The molecule has 2 amide bonds. The van der Waals surface area contributed by atoms with Gasteiger partial charge in [0, 0.05) is 18.3 Å². The molecule has 0 saturated heterocycles. The molecule has 0 atom stereocenters. The van der Waals surface area contributed by atoms with Crippen molar-refractivity contribution in [3.05, 3.63) is 60.2 Å². The average Bonchev–Trinajstić information content (AvgIpc) is 2.52. The SMILES string of the molecule is CC(=O)N(CC(=O)Nc1ccccc1)c1ccc(C(F)(F)F)cc1. The average molecular weight is 336 g/mol. The van der Waals surface area contributed by atoms with Crippen LogP contribution in [0.3, 0.4) is 0 Å². The molecule has 0 unspecified atom stereocenters. The maximum absolute atomic E-state index is 12.6. The third kappa shape index (κ3) is 4.58. The molecule has 0 saturated carbocycles. The van der Waals surface area contributed by atoms with Gasteiger partial charge in [0.15, 0.2) is 0 Å². The molecule has 2 aromatic carbocycles. The smallest absolute Gasteiger partial charge is 0.325 e. The standard InChI is InChI=1S/C17H15F3N2O2/c1-12(23)22(11-16(24)21-14-5-3-2-4-6-14)15-9-7-13(8-10-15)17(18,19)20/h2-10H,11H2,1H3,(H,21,24). The van der Waals surface area contributed by atoms with Gasteiger partial charge < -0.3 is 10.2 Å². The predicted octanol–water partition coefficient (Wildman–Crippen LogP) is 3.70. The van der Waals surface area contributed by atoms with Crippen LogP contribution in [0.5, 0.6) is 0 Å². The van der Waals surface area contributed by atoms with Gasteiger partial charge in [-0.05, 0) is 36.4 Å². The minimum Gasteiger partial charge on any atom is -0.325 e. The van der Waals surface area contributed by atoms with Gasteiger partial charge in [0.1, 0.15) is 6.54 Å². The summed E-state index contributed by atoms with van der Waals surface area (Å²) >= 11 is 0. The number of para-hydroxylation sites is 1. The summed E-state index contributed by atoms with van der Waals surface area (Å²) in [5.41, 5.74) is -0.0272. The minimum atomic E-state index is -4.45. The van der Waals surface area contributed by atoms with Crippen molar-refractivity contribution in [3.63, 3.8) is 0 Å². The molecule has 4 nitrogen and oxygen atoms in total. The zero-order valence-corrected chi connectivity index (χ0v) is 12.8. The Morgan fingerprint density at radius 1 is 1.00 bits per heavy atom. The topological polar surface area (TPSA) is 49.4 Å². The molecule has 0 aliphatic carbocycles. The molecular weight excluding hydrogens is 321 g/mol. The Kier molecular flexibility index (Phi) is 5.23. The Hall–Kier alpha value is -2.83. The second-order valence-electron chi connectivity index (χ2n) is 5.06. The predicted molar refractivity (Wildman–Crippen MR) is 84.5 cm³/mol. The molecule has 0 aliphatic rings. The van der Waals surface area contributed by atoms with Crippen molar-refractivity contribution in [2.75, 3.05) is 16.8 Å². The van der Waals surface area contributed by atoms with Gasteiger partial charge in [-0.15, -0.1) is 0 Å². The largest absolute Gasteiger partial charge is 0.416 e. The molecular formula is C17H15F3N2O2. The Labute approximate surface area is 136 Å². The van der Waals surface area contributed by atoms with Crippen molar-refractivity contribution in [2.24, 2.45) is 0 Å². The molecule has 0 aliphatic heterocycles. The third-order valence-electron chi connectivity index (χ3n) is 3.25. The maximum Gasteiger partial charge on any atom is 0.416 e. The van der Waals surface area contributed by atoms with E-state index in [2.05, 4.69) is 5.32 Å². The van der Waals surface area contributed by atoms with E-state index in [1.807, 2.05) is 0 Å². The van der Waals surface area contributed by atoms with Gasteiger partial charge in [0.2, 0.25) is 11.8 Å². The number of halogens is 3. The number of rotatable bonds is 4. The van der Waals surface area contributed by atoms with E-state index in [9.17, 15) is 22.8 Å². The first-order valence-electron chi connectivity index (χ1n) is 7.07. The van der Waals surface area contributed by atoms with Gasteiger partial charge in [-0.25, -0.2) is 0 Å². The van der Waals surface area contributed by atoms with Crippen LogP contribution in [0.25, 0.3) is 0 Å². The van der Waals surface area contributed by atoms with Crippen LogP contribution < -0.4 is 10.2 Å². The van der Waals surface area contributed by atoms with E-state index in [4.69, 9.17) is 0 Å². The van der Waals surface area contributed by atoms with Crippen LogP contribution in [0.15, 0.2) is 54.6 Å². The lowest BCUT2D eigenvalue weighted by Crippen LogP contribution is -2.36. The number of hydrogen-bond acceptors (Lipinski definition) is 2. The van der Waals surface area contributed by atoms with Gasteiger partial charge in [-0.3, -0.25) is 9.59 Å². The second-order valence-corrected chi connectivity index (χ2v) is 5.06. The van der Waals surface area contributed by atoms with Gasteiger partial charge >= 0.3 is 6.18 Å². The van der Waals surface area contributed by atoms with Crippen LogP contribution in [0.1, 0.15) is 12.5 Å². The highest BCUT2D eigenvalue weighted by Crippen LogP contribution is 2.30. The number of benzene rings is 2. The van der Waals surface area contributed by atoms with Crippen LogP contribution in [0.4, 0.5) is 24.5 Å². The van der Waals surface area contributed by atoms with Crippen LogP contribution in [-0.4, -0.2) is 18.4 Å². The van der Waals surface area contributed by atoms with Crippen molar-refractivity contribution in [1.82, 2.24) is 0 Å². The summed E-state index contributed by atoms with van der Waals surface area (Å²) in [7, 11) is 0. The minimum absolute atomic E-state index is 0.221. The van der Waals surface area contributed by atoms with Crippen LogP contribution in [0, 0.1) is 0 Å². The van der Waals surface area contributed by atoms with Crippen LogP contribution >= 0.6 is 0 Å². The lowest BCUT2D eigenvalue weighted by molar-refractivity contribution is -0.137. The fourth-order valence-electron chi connectivity index (χ4n) is 2.08. The van der Waals surface area contributed by atoms with Crippen molar-refractivity contribution < 1.29 is 22.8 Å². The van der Waals surface area contributed by atoms with E-state index >= 15 is 0 Å². The molecule has 2 aromatic rings. The summed E-state index contributed by atoms with van der Waals surface area (Å²) in [5, 5.41) is 2.62. The molecule has 7 heteroatoms. The third-order valence-corrected chi connectivity index (χ3v) is 3.25. The second kappa shape index (κ2) is 7.16. The van der Waals surface area contributed by atoms with Gasteiger partial charge in [-0.2, -0.15) is 13.2 Å². The highest BCUT2D eigenvalue weighted by atomic mass is 19.4. The molecule has 24 heavy (non-hydrogen) atoms. The summed E-state index contributed by atoms with van der Waals surface area (Å²) < 4.78 is 37.8. The van der Waals surface area contributed by atoms with E-state index in [1.54, 1.807) is 30.3 Å². The van der Waals surface area contributed by atoms with E-state index < -0.39 is 23.6 Å². The van der Waals surface area contributed by atoms with E-state index in [-0.39, 0.29) is 12.2 Å². The maximum atomic E-state index is 12.6. The van der Waals surface area contributed by atoms with Crippen molar-refractivity contribution >= 4 is 23.2 Å². The van der Waals surface area contributed by atoms with Gasteiger partial charge in [0.05, 0.1) is 5.56 Å². The summed E-state index contributed by atoms with van der Waals surface area (Å²) in [6, 6.07) is 12.7. The molecule has 0 spiro atoms. The van der Waals surface area contributed by atoms with E-state index in [0.29, 0.717) is 5.69 Å². The lowest BCUT2D eigenvalue weighted by Gasteiger charge is -2.21. The first-order chi connectivity index (χ1) is 11.3. The summed E-state index contributed by atoms with van der Waals surface area (Å²) in [6.45, 7) is 0.947. The summed E-state index contributed by atoms with van der Waals surface area (Å²) in [5.74, 6) is -0.894. The molecule has 0 heterocycles. The van der Waals surface area contributed by atoms with Crippen molar-refractivity contribution in [3.8, 4) is 0 Å². The number of nitrogens with one attached hydrogen (secondary N) is 1. The molecule has 126 valence electrons. The Balaban J connectivity index is 2.12. The first kappa shape index (κ1) is 17.5. The van der Waals surface area contributed by atoms with E-state index in [1.165, 1.54) is 19.1 Å². The number of nitrogens with zero attached hydrogens (tertiary/aromatic N) is 1. The van der Waals surface area contributed by atoms with Crippen LogP contribution in [0.2, 0.25) is 0 Å². The highest BCUT2D eigenvalue weighted by Gasteiger charge is 2.30. The molecule has 0 radical (unpaired) electrons. The number of alkyl halides is 3. The molecule has 2 rings (SSSR count). The zero-order valence-electron chi connectivity index (χ0n) is 12.8. The fraction of sp³-hybridized carbons (Fsp3) is 0.176. The van der Waals surface area contributed by atoms with Gasteiger partial charge in [0.25, 0.3) is 0 Å². The number of amides is 2. The Bertz CT molecular complexity index is 713. The van der Waals surface area contributed by atoms with Crippen LogP contribution in [-0.2, 0) is 15.8 Å². The van der Waals surface area contributed by atoms with E-state index in [0.717, 1.165) is 17.0 Å². The number of carbonyl (C=O) groups excluding carboxylic acids is 2. The summed E-state index contributed by atoms with van der Waals surface area (Å²) in [4.78, 5) is 24.9. The van der Waals surface area contributed by atoms with Crippen molar-refractivity contribution in [2.45, 2.75) is 13.1 Å². The number of anilines is 2. The lowest BCUT2D eigenvalue weighted by atomic mass is 10.2. The number of hydrogen-bond donors (Lipinski definition) is 1. The fourth-order valence-corrected chi connectivity index (χ4v) is 2.08. The summed E-state index contributed by atoms with van der Waals surface area (Å²) in [6.07, 6.45) is -4.45. The van der Waals surface area contributed by atoms with Gasteiger partial charge in [-0.1, -0.05) is 18.2 Å². The monoisotopic (exact) mass is 336 g/mol. The van der Waals surface area contributed by atoms with Crippen molar-refractivity contribution in [1.29, 1.82) is 0 Å².